The molecule has 11 nitrogen and oxygen atoms in total. The van der Waals surface area contributed by atoms with Gasteiger partial charge in [0.25, 0.3) is 15.9 Å². The zero-order chi connectivity index (χ0) is 30.0. The number of rotatable bonds is 10. The van der Waals surface area contributed by atoms with Gasteiger partial charge in [-0.15, -0.1) is 0 Å². The van der Waals surface area contributed by atoms with Gasteiger partial charge in [0.15, 0.2) is 17.3 Å². The molecule has 2 fully saturated rings. The molecular weight excluding hydrogens is 560 g/mol. The largest absolute Gasteiger partial charge is 0.493 e. The van der Waals surface area contributed by atoms with Crippen molar-refractivity contribution in [2.24, 2.45) is 5.41 Å². The summed E-state index contributed by atoms with van der Waals surface area (Å²) in [4.78, 5) is 11.4. The number of anilines is 2. The number of sulfonamides is 1. The molecule has 42 heavy (non-hydrogen) atoms. The molecule has 0 radical (unpaired) electrons. The van der Waals surface area contributed by atoms with E-state index < -0.39 is 10.0 Å². The molecule has 3 aromatic rings. The summed E-state index contributed by atoms with van der Waals surface area (Å²) in [6.07, 6.45) is 0. The predicted molar refractivity (Wildman–Crippen MR) is 159 cm³/mol. The van der Waals surface area contributed by atoms with E-state index in [0.717, 1.165) is 5.56 Å². The van der Waals surface area contributed by atoms with E-state index in [1.54, 1.807) is 30.3 Å². The van der Waals surface area contributed by atoms with Gasteiger partial charge in [-0.3, -0.25) is 4.72 Å². The number of methoxy groups -OCH3 is 1. The van der Waals surface area contributed by atoms with E-state index in [0.29, 0.717) is 57.0 Å². The fraction of sp³-hybridized carbons (Fsp3) is 0.467. The van der Waals surface area contributed by atoms with Crippen LogP contribution in [0, 0.1) is 5.41 Å². The Kier molecular flexibility index (Phi) is 8.49. The lowest BCUT2D eigenvalue weighted by molar-refractivity contribution is -0.121. The second-order valence-electron chi connectivity index (χ2n) is 11.8. The van der Waals surface area contributed by atoms with E-state index in [2.05, 4.69) is 30.5 Å². The first kappa shape index (κ1) is 29.9. The fourth-order valence-electron chi connectivity index (χ4n) is 4.49. The van der Waals surface area contributed by atoms with Gasteiger partial charge in [0.05, 0.1) is 45.0 Å². The summed E-state index contributed by atoms with van der Waals surface area (Å²) >= 11 is 0. The molecule has 0 aliphatic carbocycles. The van der Waals surface area contributed by atoms with E-state index >= 15 is 0 Å². The second-order valence-corrected chi connectivity index (χ2v) is 13.5. The number of para-hydroxylation sites is 2. The van der Waals surface area contributed by atoms with Crippen molar-refractivity contribution in [2.45, 2.75) is 38.0 Å². The third-order valence-corrected chi connectivity index (χ3v) is 8.47. The van der Waals surface area contributed by atoms with Crippen LogP contribution in [0.5, 0.6) is 23.1 Å². The number of benzene rings is 2. The monoisotopic (exact) mass is 598 g/mol. The van der Waals surface area contributed by atoms with Crippen LogP contribution in [0.25, 0.3) is 0 Å². The quantitative estimate of drug-likeness (QED) is 0.354. The molecule has 1 N–H and O–H groups in total. The Morgan fingerprint density at radius 1 is 0.976 bits per heavy atom. The Balaban J connectivity index is 1.59. The minimum absolute atomic E-state index is 0.0234. The van der Waals surface area contributed by atoms with Crippen molar-refractivity contribution in [3.63, 3.8) is 0 Å². The van der Waals surface area contributed by atoms with Crippen molar-refractivity contribution in [1.29, 1.82) is 0 Å². The number of morpholine rings is 1. The van der Waals surface area contributed by atoms with Crippen molar-refractivity contribution < 1.29 is 32.1 Å². The molecule has 2 aromatic carbocycles. The van der Waals surface area contributed by atoms with Crippen LogP contribution in [-0.2, 0) is 24.9 Å². The summed E-state index contributed by atoms with van der Waals surface area (Å²) in [5.74, 6) is 1.17. The van der Waals surface area contributed by atoms with Gasteiger partial charge >= 0.3 is 0 Å². The Morgan fingerprint density at radius 3 is 2.24 bits per heavy atom. The molecule has 5 rings (SSSR count). The van der Waals surface area contributed by atoms with Gasteiger partial charge in [0, 0.05) is 18.5 Å². The lowest BCUT2D eigenvalue weighted by Crippen LogP contribution is -2.44. The Labute approximate surface area is 247 Å². The fourth-order valence-corrected chi connectivity index (χ4v) is 5.50. The molecule has 3 heterocycles. The molecule has 12 heteroatoms. The van der Waals surface area contributed by atoms with Crippen LogP contribution in [0.3, 0.4) is 0 Å². The number of nitrogens with zero attached hydrogens (tertiary/aromatic N) is 3. The Bertz CT molecular complexity index is 1500. The third kappa shape index (κ3) is 6.71. The zero-order valence-electron chi connectivity index (χ0n) is 24.7. The zero-order valence-corrected chi connectivity index (χ0v) is 25.5. The number of nitrogens with one attached hydrogen (secondary N) is 1. The van der Waals surface area contributed by atoms with Gasteiger partial charge < -0.3 is 28.6 Å². The third-order valence-electron chi connectivity index (χ3n) is 7.12. The minimum atomic E-state index is -4.08. The molecule has 0 amide bonds. The van der Waals surface area contributed by atoms with E-state index in [1.165, 1.54) is 7.11 Å². The summed E-state index contributed by atoms with van der Waals surface area (Å²) in [6, 6.07) is 13.9. The highest BCUT2D eigenvalue weighted by molar-refractivity contribution is 7.92. The first-order valence-electron chi connectivity index (χ1n) is 13.9. The molecule has 1 aromatic heterocycles. The maximum atomic E-state index is 13.7. The highest BCUT2D eigenvalue weighted by atomic mass is 32.2. The van der Waals surface area contributed by atoms with E-state index in [9.17, 15) is 8.42 Å². The first-order chi connectivity index (χ1) is 20.0. The molecule has 226 valence electrons. The molecule has 0 saturated carbocycles. The van der Waals surface area contributed by atoms with E-state index in [1.807, 2.05) is 30.0 Å². The van der Waals surface area contributed by atoms with Crippen molar-refractivity contribution in [2.75, 3.05) is 62.9 Å². The molecule has 0 spiro atoms. The average molecular weight is 599 g/mol. The highest BCUT2D eigenvalue weighted by Gasteiger charge is 2.36. The summed E-state index contributed by atoms with van der Waals surface area (Å²) in [7, 11) is -2.55. The molecule has 2 saturated heterocycles. The molecule has 0 bridgehead atoms. The first-order valence-corrected chi connectivity index (χ1v) is 15.4. The summed E-state index contributed by atoms with van der Waals surface area (Å²) in [5.41, 5.74) is 0.683. The van der Waals surface area contributed by atoms with Crippen LogP contribution < -0.4 is 23.8 Å². The van der Waals surface area contributed by atoms with Crippen molar-refractivity contribution >= 4 is 21.8 Å². The smallest absolute Gasteiger partial charge is 0.265 e. The van der Waals surface area contributed by atoms with Gasteiger partial charge in [-0.25, -0.2) is 8.42 Å². The highest BCUT2D eigenvalue weighted by Crippen LogP contribution is 2.42. The number of aromatic nitrogens is 2. The standard InChI is InChI=1S/C30H38N4O7S/c1-29(2,3)21-10-12-22(13-11-21)42(35,36)33-26-25(41-24-9-7-6-8-23(24)37-5)27(40-20-30(4)18-39-19-30)32-28(31-26)34-14-16-38-17-15-34/h6-13H,14-20H2,1-5H3,(H,31,32,33). The normalized spacial score (nSPS) is 16.8. The Hall–Kier alpha value is -3.61. The van der Waals surface area contributed by atoms with Gasteiger partial charge in [-0.05, 0) is 35.2 Å². The van der Waals surface area contributed by atoms with E-state index in [-0.39, 0.29) is 39.8 Å². The molecular formula is C30H38N4O7S. The van der Waals surface area contributed by atoms with Crippen molar-refractivity contribution in [3.8, 4) is 23.1 Å². The molecule has 0 unspecified atom stereocenters. The predicted octanol–water partition coefficient (Wildman–Crippen LogP) is 4.63. The molecule has 0 atom stereocenters. The van der Waals surface area contributed by atoms with Crippen LogP contribution >= 0.6 is 0 Å². The SMILES string of the molecule is COc1ccccc1Oc1c(NS(=O)(=O)c2ccc(C(C)(C)C)cc2)nc(N2CCOCC2)nc1OCC1(C)COC1. The van der Waals surface area contributed by atoms with Crippen LogP contribution in [0.4, 0.5) is 11.8 Å². The van der Waals surface area contributed by atoms with Crippen LogP contribution in [0.15, 0.2) is 53.4 Å². The van der Waals surface area contributed by atoms with Crippen LogP contribution in [0.2, 0.25) is 0 Å². The maximum absolute atomic E-state index is 13.7. The lowest BCUT2D eigenvalue weighted by atomic mass is 9.87. The molecule has 2 aliphatic rings. The maximum Gasteiger partial charge on any atom is 0.265 e. The topological polar surface area (TPSA) is 121 Å². The van der Waals surface area contributed by atoms with Gasteiger partial charge in [0.1, 0.15) is 0 Å². The number of hydrogen-bond donors (Lipinski definition) is 1. The summed E-state index contributed by atoms with van der Waals surface area (Å²) in [6.45, 7) is 11.7. The number of ether oxygens (including phenoxy) is 5. The summed E-state index contributed by atoms with van der Waals surface area (Å²) < 4.78 is 59.0. The summed E-state index contributed by atoms with van der Waals surface area (Å²) in [5, 5.41) is 0. The van der Waals surface area contributed by atoms with Gasteiger partial charge in [-0.2, -0.15) is 9.97 Å². The van der Waals surface area contributed by atoms with Crippen molar-refractivity contribution in [1.82, 2.24) is 9.97 Å². The minimum Gasteiger partial charge on any atom is -0.493 e. The average Bonchev–Trinajstić information content (AvgIpc) is 2.96. The second kappa shape index (κ2) is 11.9. The molecule has 2 aliphatic heterocycles. The Morgan fingerprint density at radius 2 is 1.64 bits per heavy atom. The van der Waals surface area contributed by atoms with Gasteiger partial charge in [-0.1, -0.05) is 52.0 Å². The van der Waals surface area contributed by atoms with Crippen LogP contribution in [0.1, 0.15) is 33.3 Å². The van der Waals surface area contributed by atoms with Gasteiger partial charge in [0.2, 0.25) is 11.7 Å². The van der Waals surface area contributed by atoms with Crippen molar-refractivity contribution in [3.05, 3.63) is 54.1 Å². The van der Waals surface area contributed by atoms with E-state index in [4.69, 9.17) is 28.7 Å². The lowest BCUT2D eigenvalue weighted by Gasteiger charge is -2.37. The van der Waals surface area contributed by atoms with Crippen LogP contribution in [-0.4, -0.2) is 71.6 Å². The number of hydrogen-bond acceptors (Lipinski definition) is 10.